The van der Waals surface area contributed by atoms with Gasteiger partial charge in [0.15, 0.2) is 0 Å². The summed E-state index contributed by atoms with van der Waals surface area (Å²) in [6.07, 6.45) is 7.99. The number of hydrogen-bond donors (Lipinski definition) is 2. The van der Waals surface area contributed by atoms with Gasteiger partial charge in [0.05, 0.1) is 5.69 Å². The minimum atomic E-state index is -0.896. The van der Waals surface area contributed by atoms with Crippen molar-refractivity contribution in [2.75, 3.05) is 0 Å². The standard InChI is InChI=1S/C27H36ClN3O3/c1-5-6-7-8-9-10-11-20-23(31-29-21-14-13-19(28)17-22(21)30-31)16-18(12-15-24(32)33)26(34)25(20)27(2,3)4/h13-14,16-17,34H,5-12,15H2,1-4H3,(H,32,33). The van der Waals surface area contributed by atoms with E-state index in [1.54, 1.807) is 16.9 Å². The molecular weight excluding hydrogens is 450 g/mol. The van der Waals surface area contributed by atoms with Crippen LogP contribution in [0, 0.1) is 0 Å². The van der Waals surface area contributed by atoms with Crippen LogP contribution in [-0.2, 0) is 23.1 Å². The summed E-state index contributed by atoms with van der Waals surface area (Å²) in [4.78, 5) is 12.9. The van der Waals surface area contributed by atoms with Crippen LogP contribution in [0.15, 0.2) is 24.3 Å². The Morgan fingerprint density at radius 3 is 2.35 bits per heavy atom. The molecule has 0 saturated carbocycles. The van der Waals surface area contributed by atoms with Gasteiger partial charge >= 0.3 is 5.97 Å². The summed E-state index contributed by atoms with van der Waals surface area (Å²) in [5.74, 6) is -0.703. The summed E-state index contributed by atoms with van der Waals surface area (Å²) >= 11 is 6.16. The van der Waals surface area contributed by atoms with Crippen molar-refractivity contribution >= 4 is 28.6 Å². The maximum Gasteiger partial charge on any atom is 0.303 e. The Bertz CT molecular complexity index is 1150. The van der Waals surface area contributed by atoms with Crippen molar-refractivity contribution in [3.05, 3.63) is 46.0 Å². The van der Waals surface area contributed by atoms with E-state index in [0.29, 0.717) is 16.1 Å². The van der Waals surface area contributed by atoms with Crippen molar-refractivity contribution < 1.29 is 15.0 Å². The molecule has 0 aliphatic heterocycles. The molecule has 2 aromatic carbocycles. The molecule has 1 aromatic heterocycles. The maximum absolute atomic E-state index is 11.3. The van der Waals surface area contributed by atoms with Crippen LogP contribution in [0.25, 0.3) is 16.7 Å². The van der Waals surface area contributed by atoms with E-state index in [4.69, 9.17) is 16.7 Å². The van der Waals surface area contributed by atoms with Crippen LogP contribution in [0.5, 0.6) is 5.75 Å². The predicted octanol–water partition coefficient (Wildman–Crippen LogP) is 7.00. The zero-order valence-corrected chi connectivity index (χ0v) is 21.5. The second kappa shape index (κ2) is 11.2. The number of hydrogen-bond acceptors (Lipinski definition) is 4. The molecule has 3 rings (SSSR count). The van der Waals surface area contributed by atoms with Crippen LogP contribution in [0.3, 0.4) is 0 Å². The van der Waals surface area contributed by atoms with Gasteiger partial charge in [-0.3, -0.25) is 4.79 Å². The third-order valence-electron chi connectivity index (χ3n) is 6.16. The SMILES string of the molecule is CCCCCCCCc1c(-n2nc3ccc(Cl)cc3n2)cc(CCC(=O)O)c(O)c1C(C)(C)C. The van der Waals surface area contributed by atoms with E-state index in [1.165, 1.54) is 25.7 Å². The monoisotopic (exact) mass is 485 g/mol. The molecule has 0 unspecified atom stereocenters. The number of phenolic OH excluding ortho intramolecular Hbond substituents is 1. The number of aromatic hydroxyl groups is 1. The molecule has 0 fully saturated rings. The van der Waals surface area contributed by atoms with Gasteiger partial charge < -0.3 is 10.2 Å². The van der Waals surface area contributed by atoms with E-state index in [1.807, 2.05) is 12.1 Å². The topological polar surface area (TPSA) is 88.2 Å². The first-order valence-corrected chi connectivity index (χ1v) is 12.6. The number of unbranched alkanes of at least 4 members (excludes halogenated alkanes) is 5. The smallest absolute Gasteiger partial charge is 0.303 e. The molecule has 0 saturated heterocycles. The molecule has 184 valence electrons. The lowest BCUT2D eigenvalue weighted by Crippen LogP contribution is -2.19. The maximum atomic E-state index is 11.3. The summed E-state index contributed by atoms with van der Waals surface area (Å²) in [6.45, 7) is 8.43. The minimum Gasteiger partial charge on any atom is -0.507 e. The summed E-state index contributed by atoms with van der Waals surface area (Å²) in [5, 5.41) is 30.5. The van der Waals surface area contributed by atoms with Gasteiger partial charge in [-0.2, -0.15) is 4.80 Å². The first-order valence-electron chi connectivity index (χ1n) is 12.2. The Kier molecular flexibility index (Phi) is 8.58. The third-order valence-corrected chi connectivity index (χ3v) is 6.39. The van der Waals surface area contributed by atoms with Crippen LogP contribution < -0.4 is 0 Å². The van der Waals surface area contributed by atoms with Crippen LogP contribution in [-0.4, -0.2) is 31.2 Å². The lowest BCUT2D eigenvalue weighted by atomic mass is 9.79. The van der Waals surface area contributed by atoms with Crippen molar-refractivity contribution in [3.8, 4) is 11.4 Å². The first kappa shape index (κ1) is 26.0. The quantitative estimate of drug-likeness (QED) is 0.285. The highest BCUT2D eigenvalue weighted by molar-refractivity contribution is 6.31. The van der Waals surface area contributed by atoms with E-state index in [2.05, 4.69) is 32.8 Å². The van der Waals surface area contributed by atoms with E-state index in [-0.39, 0.29) is 24.0 Å². The molecule has 6 nitrogen and oxygen atoms in total. The lowest BCUT2D eigenvalue weighted by Gasteiger charge is -2.28. The number of halogens is 1. The number of carbonyl (C=O) groups is 1. The number of aryl methyl sites for hydroxylation is 1. The molecule has 0 aliphatic carbocycles. The third kappa shape index (κ3) is 6.29. The fourth-order valence-electron chi connectivity index (χ4n) is 4.50. The van der Waals surface area contributed by atoms with Gasteiger partial charge in [-0.15, -0.1) is 10.2 Å². The number of rotatable bonds is 11. The van der Waals surface area contributed by atoms with Crippen LogP contribution in [0.4, 0.5) is 0 Å². The Labute approximate surface area is 206 Å². The molecule has 0 aliphatic rings. The van der Waals surface area contributed by atoms with Crippen molar-refractivity contribution in [1.82, 2.24) is 15.0 Å². The number of aromatic nitrogens is 3. The van der Waals surface area contributed by atoms with Gasteiger partial charge in [-0.05, 0) is 60.1 Å². The Morgan fingerprint density at radius 2 is 1.68 bits per heavy atom. The van der Waals surface area contributed by atoms with E-state index < -0.39 is 5.97 Å². The molecular formula is C27H36ClN3O3. The lowest BCUT2D eigenvalue weighted by molar-refractivity contribution is -0.136. The first-order chi connectivity index (χ1) is 16.1. The molecule has 2 N–H and O–H groups in total. The van der Waals surface area contributed by atoms with E-state index in [9.17, 15) is 15.0 Å². The van der Waals surface area contributed by atoms with Crippen molar-refractivity contribution in [3.63, 3.8) is 0 Å². The highest BCUT2D eigenvalue weighted by atomic mass is 35.5. The van der Waals surface area contributed by atoms with Gasteiger partial charge in [0, 0.05) is 17.0 Å². The van der Waals surface area contributed by atoms with Gasteiger partial charge in [0.2, 0.25) is 0 Å². The number of fused-ring (bicyclic) bond motifs is 1. The number of phenols is 1. The van der Waals surface area contributed by atoms with Crippen molar-refractivity contribution in [2.45, 2.75) is 90.9 Å². The van der Waals surface area contributed by atoms with Gasteiger partial charge in [-0.25, -0.2) is 0 Å². The number of carboxylic acids is 1. The molecule has 0 bridgehead atoms. The van der Waals surface area contributed by atoms with Crippen molar-refractivity contribution in [2.24, 2.45) is 0 Å². The Morgan fingerprint density at radius 1 is 1.00 bits per heavy atom. The Hall–Kier alpha value is -2.60. The molecule has 0 spiro atoms. The summed E-state index contributed by atoms with van der Waals surface area (Å²) in [6, 6.07) is 7.27. The molecule has 7 heteroatoms. The van der Waals surface area contributed by atoms with Crippen LogP contribution >= 0.6 is 11.6 Å². The number of nitrogens with zero attached hydrogens (tertiary/aromatic N) is 3. The normalized spacial score (nSPS) is 11.9. The zero-order chi connectivity index (χ0) is 24.9. The Balaban J connectivity index is 2.11. The predicted molar refractivity (Wildman–Crippen MR) is 137 cm³/mol. The molecule has 0 amide bonds. The summed E-state index contributed by atoms with van der Waals surface area (Å²) < 4.78 is 0. The highest BCUT2D eigenvalue weighted by Gasteiger charge is 2.28. The molecule has 3 aromatic rings. The zero-order valence-electron chi connectivity index (χ0n) is 20.7. The average Bonchev–Trinajstić information content (AvgIpc) is 3.17. The summed E-state index contributed by atoms with van der Waals surface area (Å²) in [5.41, 5.74) is 4.34. The molecule has 0 radical (unpaired) electrons. The largest absolute Gasteiger partial charge is 0.507 e. The second-order valence-electron chi connectivity index (χ2n) is 10.0. The number of benzene rings is 2. The molecule has 1 heterocycles. The number of aliphatic carboxylic acids is 1. The van der Waals surface area contributed by atoms with E-state index >= 15 is 0 Å². The van der Waals surface area contributed by atoms with Crippen LogP contribution in [0.2, 0.25) is 5.02 Å². The molecule has 0 atom stereocenters. The van der Waals surface area contributed by atoms with E-state index in [0.717, 1.165) is 41.6 Å². The fraction of sp³-hybridized carbons (Fsp3) is 0.519. The summed E-state index contributed by atoms with van der Waals surface area (Å²) in [7, 11) is 0. The fourth-order valence-corrected chi connectivity index (χ4v) is 4.67. The molecule has 34 heavy (non-hydrogen) atoms. The van der Waals surface area contributed by atoms with Gasteiger partial charge in [0.25, 0.3) is 0 Å². The second-order valence-corrected chi connectivity index (χ2v) is 10.5. The number of carboxylic acid groups (broad SMARTS) is 1. The minimum absolute atomic E-state index is 0.0581. The van der Waals surface area contributed by atoms with Gasteiger partial charge in [-0.1, -0.05) is 71.4 Å². The highest BCUT2D eigenvalue weighted by Crippen LogP contribution is 2.40. The van der Waals surface area contributed by atoms with Gasteiger partial charge in [0.1, 0.15) is 16.8 Å². The van der Waals surface area contributed by atoms with Crippen molar-refractivity contribution in [1.29, 1.82) is 0 Å². The average molecular weight is 486 g/mol. The van der Waals surface area contributed by atoms with Crippen LogP contribution in [0.1, 0.15) is 89.3 Å².